The van der Waals surface area contributed by atoms with E-state index in [0.29, 0.717) is 5.41 Å². The zero-order valence-electron chi connectivity index (χ0n) is 7.53. The van der Waals surface area contributed by atoms with E-state index in [-0.39, 0.29) is 0 Å². The summed E-state index contributed by atoms with van der Waals surface area (Å²) >= 11 is 5.37. The largest absolute Gasteiger partial charge is 0.312 e. The smallest absolute Gasteiger partial charge is 0.190 e. The van der Waals surface area contributed by atoms with Gasteiger partial charge in [-0.2, -0.15) is 0 Å². The molecule has 0 saturated heterocycles. The lowest BCUT2D eigenvalue weighted by molar-refractivity contribution is 0.681. The quantitative estimate of drug-likeness (QED) is 0.615. The fourth-order valence-corrected chi connectivity index (χ4v) is 3.32. The number of hydrogen-bond acceptors (Lipinski definition) is 3. The molecule has 1 heterocycles. The van der Waals surface area contributed by atoms with Crippen molar-refractivity contribution in [2.45, 2.75) is 18.0 Å². The Morgan fingerprint density at radius 1 is 1.69 bits per heavy atom. The number of nitrogens with zero attached hydrogens (tertiary/aromatic N) is 3. The molecule has 3 nitrogen and oxygen atoms in total. The second-order valence-electron chi connectivity index (χ2n) is 3.65. The highest BCUT2D eigenvalue weighted by Crippen LogP contribution is 2.50. The second-order valence-corrected chi connectivity index (χ2v) is 5.15. The third kappa shape index (κ3) is 2.07. The molecule has 1 saturated carbocycles. The predicted octanol–water partition coefficient (Wildman–Crippen LogP) is 2.08. The van der Waals surface area contributed by atoms with Crippen molar-refractivity contribution in [2.75, 3.05) is 11.1 Å². The maximum atomic E-state index is 4.04. The first-order chi connectivity index (χ1) is 6.26. The van der Waals surface area contributed by atoms with E-state index in [1.807, 2.05) is 23.4 Å². The molecule has 0 spiro atoms. The Morgan fingerprint density at radius 3 is 2.92 bits per heavy atom. The Balaban J connectivity index is 1.90. The molecule has 5 heteroatoms. The number of rotatable bonds is 4. The van der Waals surface area contributed by atoms with E-state index in [4.69, 9.17) is 0 Å². The van der Waals surface area contributed by atoms with Crippen molar-refractivity contribution in [2.24, 2.45) is 12.5 Å². The molecule has 2 rings (SSSR count). The molecule has 0 aromatic carbocycles. The SMILES string of the molecule is Cn1cnnc1SCC1(CBr)CC1. The van der Waals surface area contributed by atoms with E-state index in [0.717, 1.165) is 16.2 Å². The summed E-state index contributed by atoms with van der Waals surface area (Å²) in [6.07, 6.45) is 4.45. The van der Waals surface area contributed by atoms with Gasteiger partial charge in [-0.25, -0.2) is 0 Å². The first-order valence-corrected chi connectivity index (χ1v) is 6.39. The molecule has 1 aromatic rings. The molecule has 13 heavy (non-hydrogen) atoms. The zero-order valence-corrected chi connectivity index (χ0v) is 9.94. The average molecular weight is 262 g/mol. The Morgan fingerprint density at radius 2 is 2.46 bits per heavy atom. The van der Waals surface area contributed by atoms with Crippen LogP contribution in [0.15, 0.2) is 11.5 Å². The number of aryl methyl sites for hydroxylation is 1. The van der Waals surface area contributed by atoms with Gasteiger partial charge in [-0.3, -0.25) is 0 Å². The van der Waals surface area contributed by atoms with Gasteiger partial charge in [0.1, 0.15) is 6.33 Å². The molecular formula is C8H12BrN3S. The van der Waals surface area contributed by atoms with Crippen molar-refractivity contribution in [3.05, 3.63) is 6.33 Å². The Bertz CT molecular complexity index is 295. The van der Waals surface area contributed by atoms with Crippen LogP contribution in [0.25, 0.3) is 0 Å². The van der Waals surface area contributed by atoms with Crippen LogP contribution in [0.5, 0.6) is 0 Å². The minimum atomic E-state index is 0.552. The van der Waals surface area contributed by atoms with Crippen LogP contribution in [0.2, 0.25) is 0 Å². The fraction of sp³-hybridized carbons (Fsp3) is 0.750. The lowest BCUT2D eigenvalue weighted by Crippen LogP contribution is -2.06. The van der Waals surface area contributed by atoms with Crippen LogP contribution in [0.3, 0.4) is 0 Å². The minimum Gasteiger partial charge on any atom is -0.312 e. The van der Waals surface area contributed by atoms with Crippen LogP contribution < -0.4 is 0 Å². The molecule has 0 radical (unpaired) electrons. The third-order valence-electron chi connectivity index (χ3n) is 2.42. The van der Waals surface area contributed by atoms with E-state index in [2.05, 4.69) is 26.1 Å². The predicted molar refractivity (Wildman–Crippen MR) is 57.2 cm³/mol. The van der Waals surface area contributed by atoms with E-state index < -0.39 is 0 Å². The molecule has 0 unspecified atom stereocenters. The van der Waals surface area contributed by atoms with Crippen molar-refractivity contribution in [3.8, 4) is 0 Å². The molecule has 1 aliphatic rings. The normalized spacial score (nSPS) is 18.9. The summed E-state index contributed by atoms with van der Waals surface area (Å²) in [7, 11) is 1.98. The van der Waals surface area contributed by atoms with Crippen molar-refractivity contribution in [3.63, 3.8) is 0 Å². The molecule has 0 N–H and O–H groups in total. The third-order valence-corrected chi connectivity index (χ3v) is 4.99. The number of aromatic nitrogens is 3. The van der Waals surface area contributed by atoms with E-state index >= 15 is 0 Å². The van der Waals surface area contributed by atoms with Crippen molar-refractivity contribution in [1.82, 2.24) is 14.8 Å². The van der Waals surface area contributed by atoms with Gasteiger partial charge in [0, 0.05) is 18.1 Å². The van der Waals surface area contributed by atoms with Crippen molar-refractivity contribution >= 4 is 27.7 Å². The Labute approximate surface area is 90.4 Å². The summed E-state index contributed by atoms with van der Waals surface area (Å²) in [5, 5.41) is 10.0. The number of alkyl halides is 1. The highest BCUT2D eigenvalue weighted by molar-refractivity contribution is 9.09. The topological polar surface area (TPSA) is 30.7 Å². The van der Waals surface area contributed by atoms with Crippen LogP contribution in [0.1, 0.15) is 12.8 Å². The minimum absolute atomic E-state index is 0.552. The molecule has 1 aliphatic carbocycles. The lowest BCUT2D eigenvalue weighted by atomic mass is 10.2. The molecule has 0 atom stereocenters. The zero-order chi connectivity index (χ0) is 9.31. The lowest BCUT2D eigenvalue weighted by Gasteiger charge is -2.08. The van der Waals surface area contributed by atoms with E-state index in [1.165, 1.54) is 12.8 Å². The van der Waals surface area contributed by atoms with Crippen LogP contribution in [-0.2, 0) is 7.05 Å². The maximum absolute atomic E-state index is 4.04. The molecular weight excluding hydrogens is 250 g/mol. The van der Waals surface area contributed by atoms with Crippen LogP contribution in [-0.4, -0.2) is 25.8 Å². The van der Waals surface area contributed by atoms with Gasteiger partial charge in [-0.05, 0) is 18.3 Å². The summed E-state index contributed by atoms with van der Waals surface area (Å²) < 4.78 is 1.97. The van der Waals surface area contributed by atoms with Gasteiger partial charge >= 0.3 is 0 Å². The van der Waals surface area contributed by atoms with Crippen LogP contribution >= 0.6 is 27.7 Å². The Kier molecular flexibility index (Phi) is 2.65. The van der Waals surface area contributed by atoms with Gasteiger partial charge in [0.15, 0.2) is 5.16 Å². The molecule has 0 bridgehead atoms. The summed E-state index contributed by atoms with van der Waals surface area (Å²) in [6.45, 7) is 0. The highest BCUT2D eigenvalue weighted by Gasteiger charge is 2.41. The summed E-state index contributed by atoms with van der Waals surface area (Å²) in [5.74, 6) is 1.16. The molecule has 0 aliphatic heterocycles. The molecule has 0 amide bonds. The highest BCUT2D eigenvalue weighted by atomic mass is 79.9. The number of halogens is 1. The van der Waals surface area contributed by atoms with Gasteiger partial charge < -0.3 is 4.57 Å². The monoisotopic (exact) mass is 261 g/mol. The van der Waals surface area contributed by atoms with Crippen LogP contribution in [0.4, 0.5) is 0 Å². The summed E-state index contributed by atoms with van der Waals surface area (Å²) in [4.78, 5) is 0. The molecule has 1 aromatic heterocycles. The first-order valence-electron chi connectivity index (χ1n) is 4.29. The van der Waals surface area contributed by atoms with Crippen molar-refractivity contribution in [1.29, 1.82) is 0 Å². The average Bonchev–Trinajstić information content (AvgIpc) is 2.82. The Hall–Kier alpha value is -0.0300. The van der Waals surface area contributed by atoms with E-state index in [1.54, 1.807) is 6.33 Å². The van der Waals surface area contributed by atoms with Crippen LogP contribution in [0, 0.1) is 5.41 Å². The molecule has 1 fully saturated rings. The maximum Gasteiger partial charge on any atom is 0.190 e. The second kappa shape index (κ2) is 3.61. The summed E-state index contributed by atoms with van der Waals surface area (Å²) in [6, 6.07) is 0. The van der Waals surface area contributed by atoms with E-state index in [9.17, 15) is 0 Å². The summed E-state index contributed by atoms with van der Waals surface area (Å²) in [5.41, 5.74) is 0.552. The van der Waals surface area contributed by atoms with Gasteiger partial charge in [-0.15, -0.1) is 10.2 Å². The number of hydrogen-bond donors (Lipinski definition) is 0. The van der Waals surface area contributed by atoms with Gasteiger partial charge in [0.25, 0.3) is 0 Å². The number of thioether (sulfide) groups is 1. The first kappa shape index (κ1) is 9.52. The van der Waals surface area contributed by atoms with Gasteiger partial charge in [0.2, 0.25) is 0 Å². The van der Waals surface area contributed by atoms with Gasteiger partial charge in [0.05, 0.1) is 0 Å². The fourth-order valence-electron chi connectivity index (χ4n) is 1.11. The molecule has 72 valence electrons. The van der Waals surface area contributed by atoms with Gasteiger partial charge in [-0.1, -0.05) is 27.7 Å². The van der Waals surface area contributed by atoms with Crippen molar-refractivity contribution < 1.29 is 0 Å². The standard InChI is InChI=1S/C8H12BrN3S/c1-12-6-10-11-7(12)13-5-8(4-9)2-3-8/h6H,2-5H2,1H3.